The Labute approximate surface area is 111 Å². The highest BCUT2D eigenvalue weighted by Crippen LogP contribution is 2.33. The van der Waals surface area contributed by atoms with Crippen LogP contribution in [0.4, 0.5) is 4.39 Å². The minimum atomic E-state index is -0.381. The van der Waals surface area contributed by atoms with Gasteiger partial charge in [0.05, 0.1) is 13.2 Å². The average molecular weight is 316 g/mol. The fraction of sp³-hybridized carbons (Fsp3) is 0.167. The Morgan fingerprint density at radius 3 is 2.76 bits per heavy atom. The molecule has 2 N–H and O–H groups in total. The van der Waals surface area contributed by atoms with Crippen LogP contribution in [0.5, 0.6) is 5.75 Å². The van der Waals surface area contributed by atoms with Crippen LogP contribution in [0, 0.1) is 5.82 Å². The Bertz CT molecular complexity index is 529. The van der Waals surface area contributed by atoms with Gasteiger partial charge in [-0.05, 0) is 45.1 Å². The average Bonchev–Trinajstić information content (AvgIpc) is 2.75. The maximum Gasteiger partial charge on any atom is 0.165 e. The molecule has 5 heteroatoms. The van der Waals surface area contributed by atoms with Gasteiger partial charge >= 0.3 is 0 Å². The maximum atomic E-state index is 13.3. The molecule has 0 fully saturated rings. The molecule has 1 aromatic carbocycles. The van der Waals surface area contributed by atoms with Crippen molar-refractivity contribution in [3.63, 3.8) is 0 Å². The molecule has 0 saturated carbocycles. The van der Waals surface area contributed by atoms with Gasteiger partial charge in [0.25, 0.3) is 0 Å². The first-order valence-electron chi connectivity index (χ1n) is 4.95. The maximum absolute atomic E-state index is 13.3. The Balaban J connectivity index is 2.38. The molecule has 1 aromatic heterocycles. The summed E-state index contributed by atoms with van der Waals surface area (Å²) in [7, 11) is 1.44. The predicted molar refractivity (Wildman–Crippen MR) is 71.0 cm³/mol. The first kappa shape index (κ1) is 12.5. The van der Waals surface area contributed by atoms with Gasteiger partial charge < -0.3 is 10.5 Å². The lowest BCUT2D eigenvalue weighted by Crippen LogP contribution is -2.11. The summed E-state index contributed by atoms with van der Waals surface area (Å²) in [5, 5.41) is 1.96. The van der Waals surface area contributed by atoms with E-state index < -0.39 is 0 Å². The van der Waals surface area contributed by atoms with Crippen molar-refractivity contribution in [2.75, 3.05) is 7.11 Å². The largest absolute Gasteiger partial charge is 0.494 e. The standard InChI is InChI=1S/C12H11BrFNOS/c1-16-10-6-7(2-3-9(10)14)11(15)12-8(13)4-5-17-12/h2-6,11H,15H2,1H3. The lowest BCUT2D eigenvalue weighted by Gasteiger charge is -2.12. The second-order valence-corrected chi connectivity index (χ2v) is 5.31. The molecule has 1 heterocycles. The Morgan fingerprint density at radius 2 is 2.18 bits per heavy atom. The molecular weight excluding hydrogens is 305 g/mol. The van der Waals surface area contributed by atoms with Gasteiger partial charge in [-0.3, -0.25) is 0 Å². The molecule has 0 aliphatic carbocycles. The fourth-order valence-corrected chi connectivity index (χ4v) is 3.20. The molecule has 0 saturated heterocycles. The zero-order valence-corrected chi connectivity index (χ0v) is 11.5. The lowest BCUT2D eigenvalue weighted by molar-refractivity contribution is 0.385. The van der Waals surface area contributed by atoms with Crippen molar-refractivity contribution < 1.29 is 9.13 Å². The molecule has 90 valence electrons. The second kappa shape index (κ2) is 5.16. The number of nitrogens with two attached hydrogens (primary N) is 1. The van der Waals surface area contributed by atoms with Crippen LogP contribution in [0.25, 0.3) is 0 Å². The highest BCUT2D eigenvalue weighted by molar-refractivity contribution is 9.10. The van der Waals surface area contributed by atoms with Crippen molar-refractivity contribution in [1.82, 2.24) is 0 Å². The van der Waals surface area contributed by atoms with E-state index >= 15 is 0 Å². The van der Waals surface area contributed by atoms with Gasteiger partial charge in [-0.2, -0.15) is 0 Å². The van der Waals surface area contributed by atoms with E-state index in [0.717, 1.165) is 14.9 Å². The predicted octanol–water partition coefficient (Wildman–Crippen LogP) is 3.71. The zero-order valence-electron chi connectivity index (χ0n) is 9.11. The van der Waals surface area contributed by atoms with Gasteiger partial charge in [0.2, 0.25) is 0 Å². The second-order valence-electron chi connectivity index (χ2n) is 3.50. The molecule has 2 rings (SSSR count). The van der Waals surface area contributed by atoms with E-state index in [4.69, 9.17) is 10.5 Å². The van der Waals surface area contributed by atoms with Gasteiger partial charge in [0.15, 0.2) is 11.6 Å². The number of ether oxygens (including phenoxy) is 1. The summed E-state index contributed by atoms with van der Waals surface area (Å²) in [6, 6.07) is 6.34. The third kappa shape index (κ3) is 2.51. The summed E-state index contributed by atoms with van der Waals surface area (Å²) in [6.45, 7) is 0. The first-order valence-corrected chi connectivity index (χ1v) is 6.62. The highest BCUT2D eigenvalue weighted by Gasteiger charge is 2.15. The van der Waals surface area contributed by atoms with Gasteiger partial charge in [-0.15, -0.1) is 11.3 Å². The molecule has 0 bridgehead atoms. The van der Waals surface area contributed by atoms with Crippen molar-refractivity contribution in [1.29, 1.82) is 0 Å². The van der Waals surface area contributed by atoms with Crippen LogP contribution in [0.1, 0.15) is 16.5 Å². The van der Waals surface area contributed by atoms with Crippen molar-refractivity contribution in [2.45, 2.75) is 6.04 Å². The Hall–Kier alpha value is -0.910. The van der Waals surface area contributed by atoms with Crippen molar-refractivity contribution in [3.8, 4) is 5.75 Å². The Morgan fingerprint density at radius 1 is 1.41 bits per heavy atom. The minimum absolute atomic E-state index is 0.214. The number of halogens is 2. The van der Waals surface area contributed by atoms with E-state index in [1.165, 1.54) is 13.2 Å². The van der Waals surface area contributed by atoms with Crippen LogP contribution in [0.3, 0.4) is 0 Å². The first-order chi connectivity index (χ1) is 8.13. The third-order valence-electron chi connectivity index (χ3n) is 2.46. The smallest absolute Gasteiger partial charge is 0.165 e. The molecule has 1 atom stereocenters. The molecular formula is C12H11BrFNOS. The quantitative estimate of drug-likeness (QED) is 0.937. The number of hydrogen-bond donors (Lipinski definition) is 1. The number of benzene rings is 1. The number of hydrogen-bond acceptors (Lipinski definition) is 3. The monoisotopic (exact) mass is 315 g/mol. The van der Waals surface area contributed by atoms with Crippen LogP contribution in [0.15, 0.2) is 34.1 Å². The summed E-state index contributed by atoms with van der Waals surface area (Å²) < 4.78 is 19.2. The molecule has 2 nitrogen and oxygen atoms in total. The summed E-state index contributed by atoms with van der Waals surface area (Å²) in [4.78, 5) is 1.01. The van der Waals surface area contributed by atoms with Gasteiger partial charge in [0.1, 0.15) is 0 Å². The third-order valence-corrected chi connectivity index (χ3v) is 4.42. The van der Waals surface area contributed by atoms with Crippen LogP contribution >= 0.6 is 27.3 Å². The molecule has 0 spiro atoms. The van der Waals surface area contributed by atoms with Gasteiger partial charge in [0, 0.05) is 9.35 Å². The van der Waals surface area contributed by atoms with Gasteiger partial charge in [-0.25, -0.2) is 4.39 Å². The zero-order chi connectivity index (χ0) is 12.4. The van der Waals surface area contributed by atoms with Crippen LogP contribution < -0.4 is 10.5 Å². The van der Waals surface area contributed by atoms with Crippen LogP contribution in [-0.2, 0) is 0 Å². The van der Waals surface area contributed by atoms with E-state index in [2.05, 4.69) is 15.9 Å². The van der Waals surface area contributed by atoms with E-state index in [1.54, 1.807) is 23.5 Å². The van der Waals surface area contributed by atoms with E-state index in [9.17, 15) is 4.39 Å². The molecule has 17 heavy (non-hydrogen) atoms. The summed E-state index contributed by atoms with van der Waals surface area (Å²) in [5.74, 6) is -0.167. The molecule has 0 aliphatic rings. The number of methoxy groups -OCH3 is 1. The molecule has 1 unspecified atom stereocenters. The van der Waals surface area contributed by atoms with E-state index in [0.29, 0.717) is 0 Å². The van der Waals surface area contributed by atoms with E-state index in [1.807, 2.05) is 11.4 Å². The van der Waals surface area contributed by atoms with Crippen LogP contribution in [0.2, 0.25) is 0 Å². The van der Waals surface area contributed by atoms with Gasteiger partial charge in [-0.1, -0.05) is 6.07 Å². The normalized spacial score (nSPS) is 12.5. The minimum Gasteiger partial charge on any atom is -0.494 e. The Kier molecular flexibility index (Phi) is 3.81. The topological polar surface area (TPSA) is 35.2 Å². The number of thiophene rings is 1. The SMILES string of the molecule is COc1cc(C(N)c2sccc2Br)ccc1F. The summed E-state index contributed by atoms with van der Waals surface area (Å²) in [6.07, 6.45) is 0. The highest BCUT2D eigenvalue weighted by atomic mass is 79.9. The molecule has 0 aliphatic heterocycles. The molecule has 0 radical (unpaired) electrons. The lowest BCUT2D eigenvalue weighted by atomic mass is 10.1. The van der Waals surface area contributed by atoms with Crippen molar-refractivity contribution in [2.24, 2.45) is 5.73 Å². The van der Waals surface area contributed by atoms with E-state index in [-0.39, 0.29) is 17.6 Å². The van der Waals surface area contributed by atoms with Crippen molar-refractivity contribution in [3.05, 3.63) is 50.4 Å². The summed E-state index contributed by atoms with van der Waals surface area (Å²) >= 11 is 5.00. The van der Waals surface area contributed by atoms with Crippen molar-refractivity contribution >= 4 is 27.3 Å². The molecule has 2 aromatic rings. The van der Waals surface area contributed by atoms with Crippen LogP contribution in [-0.4, -0.2) is 7.11 Å². The number of rotatable bonds is 3. The fourth-order valence-electron chi connectivity index (χ4n) is 1.55. The summed E-state index contributed by atoms with van der Waals surface area (Å²) in [5.41, 5.74) is 6.96. The molecule has 0 amide bonds.